The van der Waals surface area contributed by atoms with Gasteiger partial charge in [-0.15, -0.1) is 0 Å². The fraction of sp³-hybridized carbons (Fsp3) is 0.231. The topological polar surface area (TPSA) is 61.0 Å². The normalized spacial score (nSPS) is 10.3. The van der Waals surface area contributed by atoms with Crippen molar-refractivity contribution in [2.45, 2.75) is 13.5 Å². The van der Waals surface area contributed by atoms with Gasteiger partial charge in [-0.2, -0.15) is 0 Å². The fourth-order valence-electron chi connectivity index (χ4n) is 1.69. The summed E-state index contributed by atoms with van der Waals surface area (Å²) < 4.78 is 5.34. The van der Waals surface area contributed by atoms with Gasteiger partial charge in [-0.25, -0.2) is 9.97 Å². The van der Waals surface area contributed by atoms with Gasteiger partial charge in [0, 0.05) is 11.8 Å². The van der Waals surface area contributed by atoms with Gasteiger partial charge in [0.05, 0.1) is 19.3 Å². The van der Waals surface area contributed by atoms with Crippen molar-refractivity contribution in [3.63, 3.8) is 0 Å². The molecular formula is C13H15N3O. The molecule has 4 nitrogen and oxygen atoms in total. The van der Waals surface area contributed by atoms with Crippen molar-refractivity contribution in [1.82, 2.24) is 9.97 Å². The van der Waals surface area contributed by atoms with Crippen LogP contribution in [0.15, 0.2) is 30.5 Å². The summed E-state index contributed by atoms with van der Waals surface area (Å²) in [5.74, 6) is 1.44. The highest BCUT2D eigenvalue weighted by Crippen LogP contribution is 2.29. The van der Waals surface area contributed by atoms with Gasteiger partial charge in [-0.3, -0.25) is 0 Å². The Morgan fingerprint density at radius 3 is 2.76 bits per heavy atom. The van der Waals surface area contributed by atoms with Gasteiger partial charge in [0.25, 0.3) is 0 Å². The van der Waals surface area contributed by atoms with Gasteiger partial charge in [0.15, 0.2) is 0 Å². The van der Waals surface area contributed by atoms with Crippen LogP contribution in [0.25, 0.3) is 11.3 Å². The summed E-state index contributed by atoms with van der Waals surface area (Å²) in [6, 6.07) is 7.79. The largest absolute Gasteiger partial charge is 0.496 e. The van der Waals surface area contributed by atoms with Crippen LogP contribution in [0.3, 0.4) is 0 Å². The molecule has 1 aromatic heterocycles. The van der Waals surface area contributed by atoms with E-state index in [0.717, 1.165) is 22.6 Å². The summed E-state index contributed by atoms with van der Waals surface area (Å²) in [5, 5.41) is 0. The maximum Gasteiger partial charge on any atom is 0.142 e. The zero-order valence-electron chi connectivity index (χ0n) is 9.97. The quantitative estimate of drug-likeness (QED) is 0.873. The lowest BCUT2D eigenvalue weighted by atomic mass is 10.1. The summed E-state index contributed by atoms with van der Waals surface area (Å²) in [6.07, 6.45) is 1.79. The monoisotopic (exact) mass is 229 g/mol. The summed E-state index contributed by atoms with van der Waals surface area (Å²) in [7, 11) is 1.65. The fourth-order valence-corrected chi connectivity index (χ4v) is 1.69. The van der Waals surface area contributed by atoms with E-state index in [-0.39, 0.29) is 0 Å². The van der Waals surface area contributed by atoms with E-state index in [2.05, 4.69) is 9.97 Å². The molecule has 0 saturated carbocycles. The number of aromatic nitrogens is 2. The summed E-state index contributed by atoms with van der Waals surface area (Å²) in [6.45, 7) is 2.31. The minimum atomic E-state index is 0.336. The van der Waals surface area contributed by atoms with Gasteiger partial charge >= 0.3 is 0 Å². The predicted molar refractivity (Wildman–Crippen MR) is 66.6 cm³/mol. The Morgan fingerprint density at radius 1 is 1.29 bits per heavy atom. The van der Waals surface area contributed by atoms with Crippen LogP contribution in [0, 0.1) is 6.92 Å². The van der Waals surface area contributed by atoms with Crippen LogP contribution in [-0.2, 0) is 6.54 Å². The number of rotatable bonds is 3. The van der Waals surface area contributed by atoms with E-state index in [1.54, 1.807) is 13.3 Å². The highest BCUT2D eigenvalue weighted by atomic mass is 16.5. The zero-order chi connectivity index (χ0) is 12.3. The molecule has 0 unspecified atom stereocenters. The van der Waals surface area contributed by atoms with Crippen molar-refractivity contribution in [2.24, 2.45) is 5.73 Å². The molecule has 0 aliphatic rings. The van der Waals surface area contributed by atoms with E-state index >= 15 is 0 Å². The first-order chi connectivity index (χ1) is 8.26. The third-order valence-electron chi connectivity index (χ3n) is 2.57. The van der Waals surface area contributed by atoms with Crippen molar-refractivity contribution < 1.29 is 4.74 Å². The number of nitrogens with two attached hydrogens (primary N) is 1. The molecule has 0 bridgehead atoms. The Bertz CT molecular complexity index is 526. The molecule has 2 aromatic rings. The molecule has 88 valence electrons. The summed E-state index contributed by atoms with van der Waals surface area (Å²) in [5.41, 5.74) is 8.40. The summed E-state index contributed by atoms with van der Waals surface area (Å²) >= 11 is 0. The van der Waals surface area contributed by atoms with Gasteiger partial charge in [-0.1, -0.05) is 12.1 Å². The molecule has 0 aliphatic heterocycles. The lowest BCUT2D eigenvalue weighted by molar-refractivity contribution is 0.416. The van der Waals surface area contributed by atoms with E-state index in [0.29, 0.717) is 12.4 Å². The second-order valence-electron chi connectivity index (χ2n) is 3.72. The van der Waals surface area contributed by atoms with Crippen LogP contribution in [0.4, 0.5) is 0 Å². The Kier molecular flexibility index (Phi) is 3.35. The number of nitrogens with zero attached hydrogens (tertiary/aromatic N) is 2. The van der Waals surface area contributed by atoms with E-state index in [9.17, 15) is 0 Å². The lowest BCUT2D eigenvalue weighted by Gasteiger charge is -2.10. The van der Waals surface area contributed by atoms with Crippen molar-refractivity contribution in [3.05, 3.63) is 41.9 Å². The van der Waals surface area contributed by atoms with Gasteiger partial charge in [-0.05, 0) is 24.6 Å². The SMILES string of the molecule is COc1ccccc1-c1nc(CN)ncc1C. The van der Waals surface area contributed by atoms with Crippen molar-refractivity contribution >= 4 is 0 Å². The number of hydrogen-bond donors (Lipinski definition) is 1. The molecular weight excluding hydrogens is 214 g/mol. The van der Waals surface area contributed by atoms with E-state index in [4.69, 9.17) is 10.5 Å². The molecule has 0 fully saturated rings. The molecule has 4 heteroatoms. The van der Waals surface area contributed by atoms with Crippen molar-refractivity contribution in [2.75, 3.05) is 7.11 Å². The van der Waals surface area contributed by atoms with Gasteiger partial charge in [0.1, 0.15) is 11.6 Å². The molecule has 0 atom stereocenters. The van der Waals surface area contributed by atoms with Crippen LogP contribution in [0.2, 0.25) is 0 Å². The second-order valence-corrected chi connectivity index (χ2v) is 3.72. The van der Waals surface area contributed by atoms with Crippen LogP contribution in [0.1, 0.15) is 11.4 Å². The minimum absolute atomic E-state index is 0.336. The van der Waals surface area contributed by atoms with Crippen LogP contribution < -0.4 is 10.5 Å². The molecule has 0 saturated heterocycles. The molecule has 0 amide bonds. The average Bonchev–Trinajstić information content (AvgIpc) is 2.39. The molecule has 1 heterocycles. The number of benzene rings is 1. The molecule has 1 aromatic carbocycles. The molecule has 0 spiro atoms. The van der Waals surface area contributed by atoms with Crippen molar-refractivity contribution in [1.29, 1.82) is 0 Å². The third kappa shape index (κ3) is 2.26. The third-order valence-corrected chi connectivity index (χ3v) is 2.57. The van der Waals surface area contributed by atoms with Crippen LogP contribution in [-0.4, -0.2) is 17.1 Å². The number of aryl methyl sites for hydroxylation is 1. The highest BCUT2D eigenvalue weighted by molar-refractivity contribution is 5.69. The van der Waals surface area contributed by atoms with E-state index in [1.807, 2.05) is 31.2 Å². The Morgan fingerprint density at radius 2 is 2.06 bits per heavy atom. The van der Waals surface area contributed by atoms with Crippen LogP contribution >= 0.6 is 0 Å². The zero-order valence-corrected chi connectivity index (χ0v) is 9.97. The number of hydrogen-bond acceptors (Lipinski definition) is 4. The Labute approximate surface area is 100 Å². The molecule has 17 heavy (non-hydrogen) atoms. The molecule has 0 aliphatic carbocycles. The Balaban J connectivity index is 2.59. The molecule has 0 radical (unpaired) electrons. The van der Waals surface area contributed by atoms with Crippen LogP contribution in [0.5, 0.6) is 5.75 Å². The summed E-state index contributed by atoms with van der Waals surface area (Å²) in [4.78, 5) is 8.62. The van der Waals surface area contributed by atoms with E-state index < -0.39 is 0 Å². The number of methoxy groups -OCH3 is 1. The van der Waals surface area contributed by atoms with Gasteiger partial charge < -0.3 is 10.5 Å². The molecule has 2 rings (SSSR count). The first-order valence-corrected chi connectivity index (χ1v) is 5.42. The standard InChI is InChI=1S/C13H15N3O/c1-9-8-15-12(7-14)16-13(9)10-5-3-4-6-11(10)17-2/h3-6,8H,7,14H2,1-2H3. The van der Waals surface area contributed by atoms with E-state index in [1.165, 1.54) is 0 Å². The first-order valence-electron chi connectivity index (χ1n) is 5.42. The maximum atomic E-state index is 5.56. The number of ether oxygens (including phenoxy) is 1. The minimum Gasteiger partial charge on any atom is -0.496 e. The first kappa shape index (κ1) is 11.5. The number of para-hydroxylation sites is 1. The van der Waals surface area contributed by atoms with Crippen molar-refractivity contribution in [3.8, 4) is 17.0 Å². The smallest absolute Gasteiger partial charge is 0.142 e. The Hall–Kier alpha value is -1.94. The molecule has 2 N–H and O–H groups in total. The average molecular weight is 229 g/mol. The lowest BCUT2D eigenvalue weighted by Crippen LogP contribution is -2.05. The maximum absolute atomic E-state index is 5.56. The second kappa shape index (κ2) is 4.93. The van der Waals surface area contributed by atoms with Gasteiger partial charge in [0.2, 0.25) is 0 Å². The highest BCUT2D eigenvalue weighted by Gasteiger charge is 2.10. The predicted octanol–water partition coefficient (Wildman–Crippen LogP) is 1.92.